The van der Waals surface area contributed by atoms with E-state index in [1.54, 1.807) is 0 Å². The largest absolute Gasteiger partial charge is 0.450 e. The minimum absolute atomic E-state index is 0.249. The van der Waals surface area contributed by atoms with Gasteiger partial charge in [0, 0.05) is 6.54 Å². The molecule has 1 fully saturated rings. The molecule has 1 aliphatic rings. The van der Waals surface area contributed by atoms with Crippen LogP contribution in [-0.4, -0.2) is 19.2 Å². The SMILES string of the molecule is O=C1NCCCCCCCCCO1. The molecule has 3 nitrogen and oxygen atoms in total. The molecule has 0 aliphatic carbocycles. The molecule has 0 spiro atoms. The molecule has 13 heavy (non-hydrogen) atoms. The Morgan fingerprint density at radius 3 is 2.31 bits per heavy atom. The van der Waals surface area contributed by atoms with Crippen LogP contribution in [0.3, 0.4) is 0 Å². The van der Waals surface area contributed by atoms with Crippen molar-refractivity contribution in [3.8, 4) is 0 Å². The van der Waals surface area contributed by atoms with E-state index in [9.17, 15) is 4.79 Å². The molecule has 76 valence electrons. The number of hydrogen-bond acceptors (Lipinski definition) is 2. The van der Waals surface area contributed by atoms with E-state index in [-0.39, 0.29) is 6.09 Å². The third-order valence-corrected chi connectivity index (χ3v) is 2.32. The van der Waals surface area contributed by atoms with E-state index in [4.69, 9.17) is 4.74 Å². The van der Waals surface area contributed by atoms with Gasteiger partial charge in [0.1, 0.15) is 0 Å². The van der Waals surface area contributed by atoms with E-state index in [0.29, 0.717) is 6.61 Å². The molecule has 0 unspecified atom stereocenters. The average Bonchev–Trinajstić information content (AvgIpc) is 2.11. The summed E-state index contributed by atoms with van der Waals surface area (Å²) in [7, 11) is 0. The first-order valence-electron chi connectivity index (χ1n) is 5.30. The summed E-state index contributed by atoms with van der Waals surface area (Å²) in [5.74, 6) is 0. The molecule has 1 amide bonds. The van der Waals surface area contributed by atoms with Crippen LogP contribution in [-0.2, 0) is 4.74 Å². The molecule has 1 saturated heterocycles. The molecule has 0 aromatic heterocycles. The normalized spacial score (nSPS) is 22.0. The quantitative estimate of drug-likeness (QED) is 0.629. The molecule has 0 radical (unpaired) electrons. The zero-order chi connectivity index (χ0) is 9.36. The van der Waals surface area contributed by atoms with Crippen LogP contribution in [0.15, 0.2) is 0 Å². The minimum Gasteiger partial charge on any atom is -0.450 e. The average molecular weight is 185 g/mol. The molecule has 3 heteroatoms. The van der Waals surface area contributed by atoms with Gasteiger partial charge in [-0.1, -0.05) is 32.1 Å². The van der Waals surface area contributed by atoms with Gasteiger partial charge >= 0.3 is 6.09 Å². The van der Waals surface area contributed by atoms with Crippen molar-refractivity contribution in [1.29, 1.82) is 0 Å². The molecule has 0 saturated carbocycles. The molecule has 0 aromatic rings. The highest BCUT2D eigenvalue weighted by Crippen LogP contribution is 2.07. The molecule has 1 heterocycles. The lowest BCUT2D eigenvalue weighted by atomic mass is 10.1. The van der Waals surface area contributed by atoms with Crippen molar-refractivity contribution in [2.24, 2.45) is 0 Å². The molecule has 0 aromatic carbocycles. The molecule has 1 aliphatic heterocycles. The van der Waals surface area contributed by atoms with Gasteiger partial charge in [-0.05, 0) is 12.8 Å². The first-order chi connectivity index (χ1) is 6.39. The zero-order valence-corrected chi connectivity index (χ0v) is 8.18. The zero-order valence-electron chi connectivity index (χ0n) is 8.18. The van der Waals surface area contributed by atoms with Gasteiger partial charge in [0.05, 0.1) is 6.61 Å². The van der Waals surface area contributed by atoms with E-state index in [1.807, 2.05) is 0 Å². The van der Waals surface area contributed by atoms with Crippen molar-refractivity contribution >= 4 is 6.09 Å². The van der Waals surface area contributed by atoms with Crippen molar-refractivity contribution in [1.82, 2.24) is 5.32 Å². The lowest BCUT2D eigenvalue weighted by Crippen LogP contribution is -2.25. The maximum atomic E-state index is 11.0. The number of carbonyl (C=O) groups is 1. The maximum absolute atomic E-state index is 11.0. The molecule has 0 atom stereocenters. The number of rotatable bonds is 0. The number of hydrogen-bond donors (Lipinski definition) is 1. The smallest absolute Gasteiger partial charge is 0.407 e. The van der Waals surface area contributed by atoms with Crippen molar-refractivity contribution < 1.29 is 9.53 Å². The second kappa shape index (κ2) is 6.75. The van der Waals surface area contributed by atoms with Crippen LogP contribution < -0.4 is 5.32 Å². The lowest BCUT2D eigenvalue weighted by molar-refractivity contribution is 0.143. The minimum atomic E-state index is -0.249. The fourth-order valence-corrected chi connectivity index (χ4v) is 1.52. The monoisotopic (exact) mass is 185 g/mol. The molecule has 1 rings (SSSR count). The van der Waals surface area contributed by atoms with Crippen molar-refractivity contribution in [2.75, 3.05) is 13.2 Å². The maximum Gasteiger partial charge on any atom is 0.407 e. The van der Waals surface area contributed by atoms with E-state index in [0.717, 1.165) is 19.4 Å². The lowest BCUT2D eigenvalue weighted by Gasteiger charge is -2.08. The van der Waals surface area contributed by atoms with E-state index >= 15 is 0 Å². The second-order valence-corrected chi connectivity index (χ2v) is 3.54. The van der Waals surface area contributed by atoms with Gasteiger partial charge in [-0.2, -0.15) is 0 Å². The molecule has 1 N–H and O–H groups in total. The number of cyclic esters (lactones) is 1. The first kappa shape index (κ1) is 10.4. The third kappa shape index (κ3) is 5.50. The standard InChI is InChI=1S/C10H19NO2/c12-10-11-8-6-4-2-1-3-5-7-9-13-10/h1-9H2,(H,11,12). The van der Waals surface area contributed by atoms with Crippen molar-refractivity contribution in [2.45, 2.75) is 44.9 Å². The van der Waals surface area contributed by atoms with E-state index in [1.165, 1.54) is 32.1 Å². The summed E-state index contributed by atoms with van der Waals surface area (Å²) >= 11 is 0. The summed E-state index contributed by atoms with van der Waals surface area (Å²) in [6.07, 6.45) is 8.16. The van der Waals surface area contributed by atoms with Gasteiger partial charge < -0.3 is 10.1 Å². The molecule has 0 bridgehead atoms. The third-order valence-electron chi connectivity index (χ3n) is 2.32. The highest BCUT2D eigenvalue weighted by molar-refractivity contribution is 5.66. The van der Waals surface area contributed by atoms with Crippen LogP contribution in [0.5, 0.6) is 0 Å². The van der Waals surface area contributed by atoms with Gasteiger partial charge in [-0.25, -0.2) is 4.79 Å². The highest BCUT2D eigenvalue weighted by atomic mass is 16.5. The first-order valence-corrected chi connectivity index (χ1v) is 5.30. The predicted octanol–water partition coefficient (Wildman–Crippen LogP) is 2.46. The van der Waals surface area contributed by atoms with E-state index < -0.39 is 0 Å². The summed E-state index contributed by atoms with van der Waals surface area (Å²) in [6.45, 7) is 1.34. The Kier molecular flexibility index (Phi) is 5.38. The Labute approximate surface area is 79.8 Å². The number of nitrogens with one attached hydrogen (secondary N) is 1. The topological polar surface area (TPSA) is 38.3 Å². The van der Waals surface area contributed by atoms with Gasteiger partial charge in [-0.15, -0.1) is 0 Å². The molecular weight excluding hydrogens is 166 g/mol. The Balaban J connectivity index is 2.14. The predicted molar refractivity (Wildman–Crippen MR) is 51.7 cm³/mol. The van der Waals surface area contributed by atoms with Crippen molar-refractivity contribution in [3.63, 3.8) is 0 Å². The Morgan fingerprint density at radius 2 is 1.54 bits per heavy atom. The fourth-order valence-electron chi connectivity index (χ4n) is 1.52. The van der Waals surface area contributed by atoms with Crippen LogP contribution >= 0.6 is 0 Å². The summed E-state index contributed by atoms with van der Waals surface area (Å²) in [5.41, 5.74) is 0. The number of alkyl carbamates (subject to hydrolysis) is 1. The summed E-state index contributed by atoms with van der Waals surface area (Å²) in [6, 6.07) is 0. The van der Waals surface area contributed by atoms with Crippen LogP contribution in [0.4, 0.5) is 4.79 Å². The van der Waals surface area contributed by atoms with Crippen LogP contribution in [0, 0.1) is 0 Å². The Morgan fingerprint density at radius 1 is 0.923 bits per heavy atom. The number of carbonyl (C=O) groups excluding carboxylic acids is 1. The second-order valence-electron chi connectivity index (χ2n) is 3.54. The molecular formula is C10H19NO2. The van der Waals surface area contributed by atoms with Crippen LogP contribution in [0.25, 0.3) is 0 Å². The van der Waals surface area contributed by atoms with E-state index in [2.05, 4.69) is 5.32 Å². The Hall–Kier alpha value is -0.730. The van der Waals surface area contributed by atoms with Gasteiger partial charge in [0.25, 0.3) is 0 Å². The number of ether oxygens (including phenoxy) is 1. The van der Waals surface area contributed by atoms with Gasteiger partial charge in [0.15, 0.2) is 0 Å². The summed E-state index contributed by atoms with van der Waals surface area (Å²) < 4.78 is 4.96. The van der Waals surface area contributed by atoms with Crippen LogP contribution in [0.2, 0.25) is 0 Å². The van der Waals surface area contributed by atoms with Gasteiger partial charge in [-0.3, -0.25) is 0 Å². The number of amides is 1. The summed E-state index contributed by atoms with van der Waals surface area (Å²) in [5, 5.41) is 2.74. The highest BCUT2D eigenvalue weighted by Gasteiger charge is 2.01. The van der Waals surface area contributed by atoms with Crippen molar-refractivity contribution in [3.05, 3.63) is 0 Å². The van der Waals surface area contributed by atoms with Crippen LogP contribution in [0.1, 0.15) is 44.9 Å². The fraction of sp³-hybridized carbons (Fsp3) is 0.900. The van der Waals surface area contributed by atoms with Gasteiger partial charge in [0.2, 0.25) is 0 Å². The summed E-state index contributed by atoms with van der Waals surface area (Å²) in [4.78, 5) is 11.0. The Bertz CT molecular complexity index is 134.